The predicted molar refractivity (Wildman–Crippen MR) is 130 cm³/mol. The van der Waals surface area contributed by atoms with E-state index in [1.165, 1.54) is 0 Å². The molecule has 0 spiro atoms. The first-order valence-electron chi connectivity index (χ1n) is 10.9. The number of carbonyl (C=O) groups excluding carboxylic acids is 1. The summed E-state index contributed by atoms with van der Waals surface area (Å²) < 4.78 is 13.4. The number of nitrogens with zero attached hydrogens (tertiary/aromatic N) is 2. The normalized spacial score (nSPS) is 10.8. The van der Waals surface area contributed by atoms with Crippen molar-refractivity contribution >= 4 is 28.5 Å². The smallest absolute Gasteiger partial charge is 0.251 e. The van der Waals surface area contributed by atoms with E-state index in [2.05, 4.69) is 16.0 Å². The zero-order valence-corrected chi connectivity index (χ0v) is 19.2. The van der Waals surface area contributed by atoms with Gasteiger partial charge in [-0.05, 0) is 61.4 Å². The van der Waals surface area contributed by atoms with Crippen LogP contribution in [0.15, 0.2) is 72.8 Å². The van der Waals surface area contributed by atoms with Gasteiger partial charge in [-0.1, -0.05) is 35.9 Å². The van der Waals surface area contributed by atoms with Crippen LogP contribution in [0.1, 0.15) is 29.0 Å². The van der Waals surface area contributed by atoms with E-state index in [-0.39, 0.29) is 5.91 Å². The standard InChI is InChI=1S/C26H26ClN3O3/c1-32-23-10-4-5-11-24(23)33-17-7-6-16-30-22-9-3-2-8-21(22)29-25(30)18-28-26(31)19-12-14-20(27)15-13-19/h2-5,8-15H,6-7,16-18H2,1H3,(H,28,31). The molecule has 33 heavy (non-hydrogen) atoms. The largest absolute Gasteiger partial charge is 0.493 e. The lowest BCUT2D eigenvalue weighted by Crippen LogP contribution is -2.24. The summed E-state index contributed by atoms with van der Waals surface area (Å²) in [6.07, 6.45) is 1.79. The van der Waals surface area contributed by atoms with Crippen LogP contribution in [0, 0.1) is 0 Å². The van der Waals surface area contributed by atoms with Crippen LogP contribution in [0.25, 0.3) is 11.0 Å². The van der Waals surface area contributed by atoms with Crippen LogP contribution in [0.3, 0.4) is 0 Å². The first-order chi connectivity index (χ1) is 16.2. The fraction of sp³-hybridized carbons (Fsp3) is 0.231. The van der Waals surface area contributed by atoms with E-state index in [0.717, 1.165) is 47.7 Å². The highest BCUT2D eigenvalue weighted by Crippen LogP contribution is 2.26. The molecule has 0 radical (unpaired) electrons. The molecule has 7 heteroatoms. The van der Waals surface area contributed by atoms with Gasteiger partial charge in [0.1, 0.15) is 5.82 Å². The van der Waals surface area contributed by atoms with Crippen LogP contribution in [0.4, 0.5) is 0 Å². The number of ether oxygens (including phenoxy) is 2. The number of para-hydroxylation sites is 4. The van der Waals surface area contributed by atoms with E-state index in [9.17, 15) is 4.79 Å². The van der Waals surface area contributed by atoms with Crippen molar-refractivity contribution in [3.63, 3.8) is 0 Å². The summed E-state index contributed by atoms with van der Waals surface area (Å²) >= 11 is 5.92. The van der Waals surface area contributed by atoms with Crippen molar-refractivity contribution in [3.05, 3.63) is 89.2 Å². The molecule has 0 aliphatic carbocycles. The number of hydrogen-bond acceptors (Lipinski definition) is 4. The Hall–Kier alpha value is -3.51. The Labute approximate surface area is 198 Å². The van der Waals surface area contributed by atoms with E-state index in [4.69, 9.17) is 26.1 Å². The highest BCUT2D eigenvalue weighted by molar-refractivity contribution is 6.30. The summed E-state index contributed by atoms with van der Waals surface area (Å²) in [5.74, 6) is 2.15. The van der Waals surface area contributed by atoms with Crippen LogP contribution in [-0.2, 0) is 13.1 Å². The van der Waals surface area contributed by atoms with Crippen LogP contribution >= 0.6 is 11.6 Å². The van der Waals surface area contributed by atoms with E-state index in [1.54, 1.807) is 31.4 Å². The third kappa shape index (κ3) is 5.65. The maximum atomic E-state index is 12.5. The molecule has 6 nitrogen and oxygen atoms in total. The predicted octanol–water partition coefficient (Wildman–Crippen LogP) is 5.49. The van der Waals surface area contributed by atoms with Gasteiger partial charge < -0.3 is 19.4 Å². The number of nitrogens with one attached hydrogen (secondary N) is 1. The summed E-state index contributed by atoms with van der Waals surface area (Å²) in [7, 11) is 1.64. The van der Waals surface area contributed by atoms with Crippen molar-refractivity contribution < 1.29 is 14.3 Å². The lowest BCUT2D eigenvalue weighted by Gasteiger charge is -2.12. The summed E-state index contributed by atoms with van der Waals surface area (Å²) in [6.45, 7) is 1.71. The molecule has 0 aliphatic heterocycles. The second-order valence-electron chi connectivity index (χ2n) is 7.56. The quantitative estimate of drug-likeness (QED) is 0.316. The van der Waals surface area contributed by atoms with Gasteiger partial charge in [-0.25, -0.2) is 4.98 Å². The Kier molecular flexibility index (Phi) is 7.47. The number of hydrogen-bond donors (Lipinski definition) is 1. The number of amides is 1. The van der Waals surface area contributed by atoms with Gasteiger partial charge >= 0.3 is 0 Å². The fourth-order valence-electron chi connectivity index (χ4n) is 3.66. The molecule has 4 aromatic rings. The van der Waals surface area contributed by atoms with Crippen LogP contribution in [0.5, 0.6) is 11.5 Å². The second-order valence-corrected chi connectivity index (χ2v) is 8.00. The monoisotopic (exact) mass is 463 g/mol. The van der Waals surface area contributed by atoms with Crippen molar-refractivity contribution in [1.29, 1.82) is 0 Å². The Morgan fingerprint density at radius 3 is 2.48 bits per heavy atom. The maximum Gasteiger partial charge on any atom is 0.251 e. The number of carbonyl (C=O) groups is 1. The number of aryl methyl sites for hydroxylation is 1. The molecule has 1 aromatic heterocycles. The van der Waals surface area contributed by atoms with Gasteiger partial charge in [0.15, 0.2) is 11.5 Å². The van der Waals surface area contributed by atoms with Gasteiger partial charge in [0.05, 0.1) is 31.3 Å². The number of methoxy groups -OCH3 is 1. The van der Waals surface area contributed by atoms with Crippen molar-refractivity contribution in [2.75, 3.05) is 13.7 Å². The molecule has 0 bridgehead atoms. The molecule has 1 N–H and O–H groups in total. The van der Waals surface area contributed by atoms with Gasteiger partial charge in [-0.15, -0.1) is 0 Å². The first-order valence-corrected chi connectivity index (χ1v) is 11.3. The molecule has 1 amide bonds. The number of unbranched alkanes of at least 4 members (excludes halogenated alkanes) is 1. The number of aromatic nitrogens is 2. The number of benzene rings is 3. The minimum absolute atomic E-state index is 0.157. The lowest BCUT2D eigenvalue weighted by atomic mass is 10.2. The average molecular weight is 464 g/mol. The lowest BCUT2D eigenvalue weighted by molar-refractivity contribution is 0.0949. The van der Waals surface area contributed by atoms with E-state index < -0.39 is 0 Å². The van der Waals surface area contributed by atoms with Gasteiger partial charge in [-0.2, -0.15) is 0 Å². The summed E-state index contributed by atoms with van der Waals surface area (Å²) in [5.41, 5.74) is 2.54. The summed E-state index contributed by atoms with van der Waals surface area (Å²) in [4.78, 5) is 17.3. The Morgan fingerprint density at radius 1 is 0.970 bits per heavy atom. The molecule has 0 fully saturated rings. The minimum atomic E-state index is -0.157. The van der Waals surface area contributed by atoms with Gasteiger partial charge in [-0.3, -0.25) is 4.79 Å². The van der Waals surface area contributed by atoms with Crippen molar-refractivity contribution in [1.82, 2.24) is 14.9 Å². The van der Waals surface area contributed by atoms with Gasteiger partial charge in [0.2, 0.25) is 0 Å². The fourth-order valence-corrected chi connectivity index (χ4v) is 3.79. The summed E-state index contributed by atoms with van der Waals surface area (Å²) in [6, 6.07) is 22.5. The molecule has 4 rings (SSSR count). The van der Waals surface area contributed by atoms with E-state index in [0.29, 0.717) is 23.7 Å². The van der Waals surface area contributed by atoms with Crippen LogP contribution in [-0.4, -0.2) is 29.2 Å². The van der Waals surface area contributed by atoms with Crippen molar-refractivity contribution in [2.24, 2.45) is 0 Å². The molecule has 170 valence electrons. The molecule has 0 atom stereocenters. The SMILES string of the molecule is COc1ccccc1OCCCCn1c(CNC(=O)c2ccc(Cl)cc2)nc2ccccc21. The summed E-state index contributed by atoms with van der Waals surface area (Å²) in [5, 5.41) is 3.57. The first kappa shape index (κ1) is 22.7. The highest BCUT2D eigenvalue weighted by atomic mass is 35.5. The number of halogens is 1. The molecule has 0 unspecified atom stereocenters. The number of fused-ring (bicyclic) bond motifs is 1. The van der Waals surface area contributed by atoms with E-state index >= 15 is 0 Å². The number of rotatable bonds is 10. The zero-order valence-electron chi connectivity index (χ0n) is 18.5. The molecular weight excluding hydrogens is 438 g/mol. The maximum absolute atomic E-state index is 12.5. The second kappa shape index (κ2) is 10.9. The van der Waals surface area contributed by atoms with Crippen molar-refractivity contribution in [2.45, 2.75) is 25.9 Å². The third-order valence-electron chi connectivity index (χ3n) is 5.35. The molecule has 0 aliphatic rings. The minimum Gasteiger partial charge on any atom is -0.493 e. The van der Waals surface area contributed by atoms with Crippen LogP contribution in [0.2, 0.25) is 5.02 Å². The zero-order chi connectivity index (χ0) is 23.0. The Morgan fingerprint density at radius 2 is 1.70 bits per heavy atom. The molecule has 3 aromatic carbocycles. The third-order valence-corrected chi connectivity index (χ3v) is 5.60. The van der Waals surface area contributed by atoms with Gasteiger partial charge in [0.25, 0.3) is 5.91 Å². The molecular formula is C26H26ClN3O3. The molecule has 0 saturated carbocycles. The Bertz CT molecular complexity index is 1220. The Balaban J connectivity index is 1.37. The highest BCUT2D eigenvalue weighted by Gasteiger charge is 2.12. The molecule has 1 heterocycles. The average Bonchev–Trinajstić information content (AvgIpc) is 3.20. The topological polar surface area (TPSA) is 65.4 Å². The molecule has 0 saturated heterocycles. The van der Waals surface area contributed by atoms with Crippen molar-refractivity contribution in [3.8, 4) is 11.5 Å². The van der Waals surface area contributed by atoms with Gasteiger partial charge in [0, 0.05) is 17.1 Å². The number of imidazole rings is 1. The van der Waals surface area contributed by atoms with E-state index in [1.807, 2.05) is 42.5 Å². The van der Waals surface area contributed by atoms with Crippen LogP contribution < -0.4 is 14.8 Å².